The highest BCUT2D eigenvalue weighted by Gasteiger charge is 2.21. The van der Waals surface area contributed by atoms with Crippen molar-refractivity contribution in [3.63, 3.8) is 0 Å². The predicted molar refractivity (Wildman–Crippen MR) is 74.2 cm³/mol. The van der Waals surface area contributed by atoms with Gasteiger partial charge in [0.1, 0.15) is 0 Å². The summed E-state index contributed by atoms with van der Waals surface area (Å²) >= 11 is 0. The van der Waals surface area contributed by atoms with Crippen molar-refractivity contribution in [2.75, 3.05) is 34.5 Å². The van der Waals surface area contributed by atoms with Crippen LogP contribution in [0.1, 0.15) is 24.9 Å². The molecule has 5 nitrogen and oxygen atoms in total. The Kier molecular flexibility index (Phi) is 6.45. The third kappa shape index (κ3) is 3.52. The zero-order chi connectivity index (χ0) is 14.3. The van der Waals surface area contributed by atoms with Gasteiger partial charge >= 0.3 is 0 Å². The smallest absolute Gasteiger partial charge is 0.203 e. The summed E-state index contributed by atoms with van der Waals surface area (Å²) in [6, 6.07) is 3.51. The molecule has 0 saturated carbocycles. The first-order chi connectivity index (χ1) is 9.23. The summed E-state index contributed by atoms with van der Waals surface area (Å²) in [6.07, 6.45) is 0.992. The highest BCUT2D eigenvalue weighted by molar-refractivity contribution is 5.56. The Hall–Kier alpha value is -1.46. The topological polar surface area (TPSA) is 60.0 Å². The standard InChI is InChI=1S/C14H23NO4/c1-5-8-15-11(9-16)10-6-7-12(17-2)14(19-4)13(10)18-3/h6-7,11,15-16H,5,8-9H2,1-4H3. The molecule has 1 rings (SSSR count). The van der Waals surface area contributed by atoms with Gasteiger partial charge in [0.05, 0.1) is 34.0 Å². The highest BCUT2D eigenvalue weighted by atomic mass is 16.5. The van der Waals surface area contributed by atoms with Crippen LogP contribution in [-0.2, 0) is 0 Å². The Morgan fingerprint density at radius 1 is 1.11 bits per heavy atom. The highest BCUT2D eigenvalue weighted by Crippen LogP contribution is 2.41. The molecule has 19 heavy (non-hydrogen) atoms. The molecule has 0 aromatic heterocycles. The molecule has 0 aliphatic rings. The first kappa shape index (κ1) is 15.6. The second-order valence-corrected chi connectivity index (χ2v) is 4.11. The van der Waals surface area contributed by atoms with Gasteiger partial charge in [-0.3, -0.25) is 0 Å². The van der Waals surface area contributed by atoms with Crippen molar-refractivity contribution >= 4 is 0 Å². The lowest BCUT2D eigenvalue weighted by Gasteiger charge is -2.21. The van der Waals surface area contributed by atoms with Crippen LogP contribution in [0.4, 0.5) is 0 Å². The van der Waals surface area contributed by atoms with Gasteiger partial charge in [0, 0.05) is 5.56 Å². The van der Waals surface area contributed by atoms with E-state index in [1.54, 1.807) is 21.3 Å². The van der Waals surface area contributed by atoms with Crippen molar-refractivity contribution in [1.82, 2.24) is 5.32 Å². The van der Waals surface area contributed by atoms with E-state index in [1.807, 2.05) is 12.1 Å². The fourth-order valence-corrected chi connectivity index (χ4v) is 1.99. The average molecular weight is 269 g/mol. The monoisotopic (exact) mass is 269 g/mol. The Labute approximate surface area is 114 Å². The van der Waals surface area contributed by atoms with Crippen molar-refractivity contribution in [2.24, 2.45) is 0 Å². The largest absolute Gasteiger partial charge is 0.493 e. The second kappa shape index (κ2) is 7.86. The van der Waals surface area contributed by atoms with Crippen LogP contribution in [-0.4, -0.2) is 39.6 Å². The van der Waals surface area contributed by atoms with Gasteiger partial charge in [0.25, 0.3) is 0 Å². The molecule has 0 heterocycles. The minimum atomic E-state index is -0.185. The lowest BCUT2D eigenvalue weighted by molar-refractivity contribution is 0.239. The molecule has 5 heteroatoms. The molecule has 1 unspecified atom stereocenters. The Balaban J connectivity index is 3.18. The molecule has 0 bridgehead atoms. The third-order valence-corrected chi connectivity index (χ3v) is 2.93. The van der Waals surface area contributed by atoms with Crippen LogP contribution in [0.25, 0.3) is 0 Å². The third-order valence-electron chi connectivity index (χ3n) is 2.93. The fourth-order valence-electron chi connectivity index (χ4n) is 1.99. The summed E-state index contributed by atoms with van der Waals surface area (Å²) in [5.74, 6) is 1.74. The molecule has 0 saturated heterocycles. The van der Waals surface area contributed by atoms with Gasteiger partial charge in [0.2, 0.25) is 5.75 Å². The molecule has 108 valence electrons. The van der Waals surface area contributed by atoms with Gasteiger partial charge in [0.15, 0.2) is 11.5 Å². The lowest BCUT2D eigenvalue weighted by Crippen LogP contribution is -2.25. The predicted octanol–water partition coefficient (Wildman–Crippen LogP) is 1.75. The molecule has 0 fully saturated rings. The molecular formula is C14H23NO4. The molecule has 0 amide bonds. The van der Waals surface area contributed by atoms with E-state index in [4.69, 9.17) is 14.2 Å². The van der Waals surface area contributed by atoms with Crippen molar-refractivity contribution < 1.29 is 19.3 Å². The van der Waals surface area contributed by atoms with Gasteiger partial charge in [-0.1, -0.05) is 6.92 Å². The zero-order valence-electron chi connectivity index (χ0n) is 12.0. The first-order valence-corrected chi connectivity index (χ1v) is 6.36. The summed E-state index contributed by atoms with van der Waals surface area (Å²) in [7, 11) is 4.72. The van der Waals surface area contributed by atoms with Crippen LogP contribution in [0.5, 0.6) is 17.2 Å². The maximum Gasteiger partial charge on any atom is 0.203 e. The van der Waals surface area contributed by atoms with Gasteiger partial charge in [-0.15, -0.1) is 0 Å². The molecular weight excluding hydrogens is 246 g/mol. The summed E-state index contributed by atoms with van der Waals surface area (Å²) < 4.78 is 16.0. The number of aliphatic hydroxyl groups is 1. The first-order valence-electron chi connectivity index (χ1n) is 6.36. The number of benzene rings is 1. The number of aliphatic hydroxyl groups excluding tert-OH is 1. The number of methoxy groups -OCH3 is 3. The van der Waals surface area contributed by atoms with Crippen molar-refractivity contribution in [1.29, 1.82) is 0 Å². The van der Waals surface area contributed by atoms with E-state index in [1.165, 1.54) is 0 Å². The van der Waals surface area contributed by atoms with E-state index >= 15 is 0 Å². The number of rotatable bonds is 8. The average Bonchev–Trinajstić information content (AvgIpc) is 2.46. The summed E-state index contributed by atoms with van der Waals surface area (Å²) in [4.78, 5) is 0. The normalized spacial score (nSPS) is 12.1. The van der Waals surface area contributed by atoms with Gasteiger partial charge in [-0.05, 0) is 25.1 Å². The van der Waals surface area contributed by atoms with Crippen molar-refractivity contribution in [3.05, 3.63) is 17.7 Å². The minimum Gasteiger partial charge on any atom is -0.493 e. The second-order valence-electron chi connectivity index (χ2n) is 4.11. The molecule has 0 aliphatic heterocycles. The van der Waals surface area contributed by atoms with Gasteiger partial charge in [-0.2, -0.15) is 0 Å². The Morgan fingerprint density at radius 2 is 1.79 bits per heavy atom. The molecule has 2 N–H and O–H groups in total. The van der Waals surface area contributed by atoms with Crippen LogP contribution in [0.2, 0.25) is 0 Å². The van der Waals surface area contributed by atoms with Gasteiger partial charge in [-0.25, -0.2) is 0 Å². The molecule has 0 aliphatic carbocycles. The maximum atomic E-state index is 9.53. The minimum absolute atomic E-state index is 0.00809. The molecule has 1 aromatic carbocycles. The van der Waals surface area contributed by atoms with E-state index in [9.17, 15) is 5.11 Å². The Morgan fingerprint density at radius 3 is 2.26 bits per heavy atom. The van der Waals surface area contributed by atoms with Crippen molar-refractivity contribution in [2.45, 2.75) is 19.4 Å². The molecule has 0 spiro atoms. The number of ether oxygens (including phenoxy) is 3. The molecule has 1 aromatic rings. The molecule has 1 atom stereocenters. The quantitative estimate of drug-likeness (QED) is 0.753. The van der Waals surface area contributed by atoms with E-state index in [0.29, 0.717) is 17.2 Å². The van der Waals surface area contributed by atoms with Crippen LogP contribution in [0, 0.1) is 0 Å². The summed E-state index contributed by atoms with van der Waals surface area (Å²) in [6.45, 7) is 2.89. The van der Waals surface area contributed by atoms with Crippen LogP contribution in [0.3, 0.4) is 0 Å². The van der Waals surface area contributed by atoms with Crippen LogP contribution < -0.4 is 19.5 Å². The maximum absolute atomic E-state index is 9.53. The zero-order valence-corrected chi connectivity index (χ0v) is 12.0. The van der Waals surface area contributed by atoms with Crippen LogP contribution >= 0.6 is 0 Å². The van der Waals surface area contributed by atoms with E-state index in [0.717, 1.165) is 18.5 Å². The van der Waals surface area contributed by atoms with E-state index < -0.39 is 0 Å². The lowest BCUT2D eigenvalue weighted by atomic mass is 10.0. The van der Waals surface area contributed by atoms with Crippen molar-refractivity contribution in [3.8, 4) is 17.2 Å². The number of hydrogen-bond acceptors (Lipinski definition) is 5. The SMILES string of the molecule is CCCNC(CO)c1ccc(OC)c(OC)c1OC. The summed E-state index contributed by atoms with van der Waals surface area (Å²) in [5, 5.41) is 12.8. The van der Waals surface area contributed by atoms with E-state index in [-0.39, 0.29) is 12.6 Å². The fraction of sp³-hybridized carbons (Fsp3) is 0.571. The Bertz CT molecular complexity index is 395. The van der Waals surface area contributed by atoms with E-state index in [2.05, 4.69) is 12.2 Å². The summed E-state index contributed by atoms with van der Waals surface area (Å²) in [5.41, 5.74) is 0.858. The molecule has 0 radical (unpaired) electrons. The van der Waals surface area contributed by atoms with Crippen LogP contribution in [0.15, 0.2) is 12.1 Å². The number of nitrogens with one attached hydrogen (secondary N) is 1. The van der Waals surface area contributed by atoms with Gasteiger partial charge < -0.3 is 24.6 Å². The number of hydrogen-bond donors (Lipinski definition) is 2.